The van der Waals surface area contributed by atoms with E-state index in [2.05, 4.69) is 20.7 Å². The van der Waals surface area contributed by atoms with Crippen LogP contribution in [0.25, 0.3) is 0 Å². The molecule has 1 aromatic heterocycles. The first-order valence-electron chi connectivity index (χ1n) is 7.15. The van der Waals surface area contributed by atoms with Gasteiger partial charge in [-0.25, -0.2) is 9.78 Å². The predicted molar refractivity (Wildman–Crippen MR) is 82.0 cm³/mol. The Hall–Kier alpha value is -2.41. The van der Waals surface area contributed by atoms with Crippen LogP contribution < -0.4 is 10.6 Å². The number of nitrogens with one attached hydrogen (secondary N) is 2. The van der Waals surface area contributed by atoms with E-state index in [4.69, 9.17) is 0 Å². The molecule has 22 heavy (non-hydrogen) atoms. The van der Waals surface area contributed by atoms with E-state index in [-0.39, 0.29) is 18.6 Å². The molecule has 0 fully saturated rings. The lowest BCUT2D eigenvalue weighted by Crippen LogP contribution is -2.46. The second-order valence-electron chi connectivity index (χ2n) is 5.21. The first kappa shape index (κ1) is 16.0. The highest BCUT2D eigenvalue weighted by Gasteiger charge is 2.17. The van der Waals surface area contributed by atoms with Crippen LogP contribution in [-0.2, 0) is 20.0 Å². The highest BCUT2D eigenvalue weighted by Crippen LogP contribution is 2.05. The summed E-state index contributed by atoms with van der Waals surface area (Å²) in [5, 5.41) is 19.6. The highest BCUT2D eigenvalue weighted by atomic mass is 16.3. The molecule has 2 unspecified atom stereocenters. The maximum atomic E-state index is 11.8. The number of urea groups is 1. The quantitative estimate of drug-likeness (QED) is 0.729. The average Bonchev–Trinajstić information content (AvgIpc) is 2.92. The summed E-state index contributed by atoms with van der Waals surface area (Å²) in [7, 11) is 1.76. The highest BCUT2D eigenvalue weighted by molar-refractivity contribution is 5.74. The number of carbonyl (C=O) groups excluding carboxylic acids is 1. The molecule has 0 aliphatic carbocycles. The van der Waals surface area contributed by atoms with Crippen molar-refractivity contribution in [3.8, 4) is 0 Å². The van der Waals surface area contributed by atoms with Crippen molar-refractivity contribution in [1.82, 2.24) is 25.4 Å². The van der Waals surface area contributed by atoms with Gasteiger partial charge >= 0.3 is 6.03 Å². The van der Waals surface area contributed by atoms with Crippen LogP contribution >= 0.6 is 0 Å². The average molecular weight is 303 g/mol. The number of benzene rings is 1. The van der Waals surface area contributed by atoms with E-state index in [0.717, 1.165) is 5.56 Å². The molecule has 2 atom stereocenters. The summed E-state index contributed by atoms with van der Waals surface area (Å²) >= 11 is 0. The number of aromatic nitrogens is 3. The van der Waals surface area contributed by atoms with Crippen LogP contribution in [-0.4, -0.2) is 38.0 Å². The third-order valence-corrected chi connectivity index (χ3v) is 3.28. The summed E-state index contributed by atoms with van der Waals surface area (Å²) < 4.78 is 1.57. The molecule has 0 radical (unpaired) electrons. The van der Waals surface area contributed by atoms with Crippen molar-refractivity contribution in [3.63, 3.8) is 0 Å². The predicted octanol–water partition coefficient (Wildman–Crippen LogP) is 0.606. The molecule has 2 rings (SSSR count). The van der Waals surface area contributed by atoms with Gasteiger partial charge in [0.05, 0.1) is 18.7 Å². The zero-order valence-electron chi connectivity index (χ0n) is 12.7. The molecule has 7 nitrogen and oxygen atoms in total. The zero-order chi connectivity index (χ0) is 15.9. The molecule has 0 saturated carbocycles. The van der Waals surface area contributed by atoms with Crippen molar-refractivity contribution in [2.75, 3.05) is 0 Å². The lowest BCUT2D eigenvalue weighted by Gasteiger charge is -2.20. The number of hydrogen-bond donors (Lipinski definition) is 3. The van der Waals surface area contributed by atoms with Crippen molar-refractivity contribution in [2.24, 2.45) is 7.05 Å². The number of amides is 2. The molecule has 7 heteroatoms. The Kier molecular flexibility index (Phi) is 5.48. The van der Waals surface area contributed by atoms with E-state index in [0.29, 0.717) is 12.2 Å². The van der Waals surface area contributed by atoms with Crippen LogP contribution in [0.3, 0.4) is 0 Å². The van der Waals surface area contributed by atoms with Crippen molar-refractivity contribution in [1.29, 1.82) is 0 Å². The van der Waals surface area contributed by atoms with Crippen molar-refractivity contribution >= 4 is 6.03 Å². The monoisotopic (exact) mass is 303 g/mol. The van der Waals surface area contributed by atoms with Crippen LogP contribution in [0.1, 0.15) is 18.3 Å². The number of aryl methyl sites for hydroxylation is 1. The fraction of sp³-hybridized carbons (Fsp3) is 0.400. The Labute approximate surface area is 129 Å². The molecule has 0 spiro atoms. The molecular weight excluding hydrogens is 282 g/mol. The van der Waals surface area contributed by atoms with Crippen molar-refractivity contribution in [3.05, 3.63) is 48.0 Å². The van der Waals surface area contributed by atoms with Crippen LogP contribution in [0.4, 0.5) is 4.79 Å². The summed E-state index contributed by atoms with van der Waals surface area (Å²) in [5.41, 5.74) is 1.03. The van der Waals surface area contributed by atoms with Gasteiger partial charge in [0, 0.05) is 13.5 Å². The van der Waals surface area contributed by atoms with E-state index >= 15 is 0 Å². The standard InChI is InChI=1S/C15H21N5O2/c1-11(13(21)8-12-6-4-3-5-7-12)18-15(22)16-9-14-17-10-20(2)19-14/h3-7,10-11,13,21H,8-9H2,1-2H3,(H2,16,18,22). The molecule has 0 aliphatic rings. The summed E-state index contributed by atoms with van der Waals surface area (Å²) in [6.45, 7) is 2.01. The molecule has 0 aliphatic heterocycles. The topological polar surface area (TPSA) is 92.1 Å². The van der Waals surface area contributed by atoms with Crippen LogP contribution in [0, 0.1) is 0 Å². The molecule has 0 saturated heterocycles. The third kappa shape index (κ3) is 4.85. The summed E-state index contributed by atoms with van der Waals surface area (Å²) in [6, 6.07) is 8.95. The minimum atomic E-state index is -0.652. The van der Waals surface area contributed by atoms with Gasteiger partial charge in [0.25, 0.3) is 0 Å². The first-order chi connectivity index (χ1) is 10.5. The van der Waals surface area contributed by atoms with Crippen LogP contribution in [0.15, 0.2) is 36.7 Å². The molecule has 2 aromatic rings. The summed E-state index contributed by atoms with van der Waals surface area (Å²) in [5.74, 6) is 0.537. The molecule has 3 N–H and O–H groups in total. The van der Waals surface area contributed by atoms with E-state index in [1.807, 2.05) is 30.3 Å². The number of carbonyl (C=O) groups is 1. The lowest BCUT2D eigenvalue weighted by atomic mass is 10.0. The largest absolute Gasteiger partial charge is 0.391 e. The van der Waals surface area contributed by atoms with E-state index in [1.54, 1.807) is 25.0 Å². The van der Waals surface area contributed by atoms with Gasteiger partial charge in [0.2, 0.25) is 0 Å². The fourth-order valence-electron chi connectivity index (χ4n) is 2.01. The first-order valence-corrected chi connectivity index (χ1v) is 7.15. The van der Waals surface area contributed by atoms with Crippen LogP contribution in [0.2, 0.25) is 0 Å². The minimum absolute atomic E-state index is 0.244. The number of aliphatic hydroxyl groups excluding tert-OH is 1. The van der Waals surface area contributed by atoms with Gasteiger partial charge < -0.3 is 15.7 Å². The number of rotatable bonds is 6. The summed E-state index contributed by atoms with van der Waals surface area (Å²) in [6.07, 6.45) is 1.41. The Morgan fingerprint density at radius 3 is 2.73 bits per heavy atom. The van der Waals surface area contributed by atoms with E-state index < -0.39 is 6.10 Å². The maximum absolute atomic E-state index is 11.8. The Morgan fingerprint density at radius 1 is 1.36 bits per heavy atom. The normalized spacial score (nSPS) is 13.4. The van der Waals surface area contributed by atoms with Gasteiger partial charge in [0.15, 0.2) is 5.82 Å². The van der Waals surface area contributed by atoms with Gasteiger partial charge in [-0.05, 0) is 12.5 Å². The Balaban J connectivity index is 1.75. The van der Waals surface area contributed by atoms with E-state index in [1.165, 1.54) is 0 Å². The van der Waals surface area contributed by atoms with Crippen molar-refractivity contribution < 1.29 is 9.90 Å². The molecular formula is C15H21N5O2. The van der Waals surface area contributed by atoms with E-state index in [9.17, 15) is 9.90 Å². The van der Waals surface area contributed by atoms with Gasteiger partial charge in [-0.3, -0.25) is 4.68 Å². The molecule has 2 amide bonds. The molecule has 1 heterocycles. The Morgan fingerprint density at radius 2 is 2.09 bits per heavy atom. The number of hydrogen-bond acceptors (Lipinski definition) is 4. The van der Waals surface area contributed by atoms with Gasteiger partial charge in [-0.1, -0.05) is 30.3 Å². The second-order valence-corrected chi connectivity index (χ2v) is 5.21. The smallest absolute Gasteiger partial charge is 0.315 e. The lowest BCUT2D eigenvalue weighted by molar-refractivity contribution is 0.136. The summed E-state index contributed by atoms with van der Waals surface area (Å²) in [4.78, 5) is 15.8. The molecule has 1 aromatic carbocycles. The van der Waals surface area contributed by atoms with Gasteiger partial charge in [0.1, 0.15) is 6.33 Å². The van der Waals surface area contributed by atoms with Crippen molar-refractivity contribution in [2.45, 2.75) is 32.0 Å². The SMILES string of the molecule is CC(NC(=O)NCc1ncn(C)n1)C(O)Cc1ccccc1. The second kappa shape index (κ2) is 7.56. The van der Waals surface area contributed by atoms with Gasteiger partial charge in [-0.2, -0.15) is 5.10 Å². The van der Waals surface area contributed by atoms with Crippen LogP contribution in [0.5, 0.6) is 0 Å². The van der Waals surface area contributed by atoms with Gasteiger partial charge in [-0.15, -0.1) is 0 Å². The molecule has 118 valence electrons. The number of aliphatic hydroxyl groups is 1. The minimum Gasteiger partial charge on any atom is -0.391 e. The Bertz CT molecular complexity index is 599. The molecule has 0 bridgehead atoms. The maximum Gasteiger partial charge on any atom is 0.315 e. The fourth-order valence-corrected chi connectivity index (χ4v) is 2.01. The number of nitrogens with zero attached hydrogens (tertiary/aromatic N) is 3. The zero-order valence-corrected chi connectivity index (χ0v) is 12.7. The third-order valence-electron chi connectivity index (χ3n) is 3.28.